The molecule has 0 spiro atoms. The molecule has 9 heteroatoms. The summed E-state index contributed by atoms with van der Waals surface area (Å²) in [7, 11) is 0. The average Bonchev–Trinajstić information content (AvgIpc) is 3.37. The lowest BCUT2D eigenvalue weighted by atomic mass is 9.99. The first kappa shape index (κ1) is 20.7. The van der Waals surface area contributed by atoms with Crippen molar-refractivity contribution in [2.45, 2.75) is 26.3 Å². The number of halogens is 1. The Balaban J connectivity index is 1.77. The van der Waals surface area contributed by atoms with Crippen molar-refractivity contribution in [1.82, 2.24) is 10.2 Å². The fraction of sp³-hybridized carbons (Fsp3) is 0.217. The van der Waals surface area contributed by atoms with Crippen LogP contribution >= 0.6 is 22.9 Å². The second kappa shape index (κ2) is 8.03. The average molecular weight is 468 g/mol. The van der Waals surface area contributed by atoms with Gasteiger partial charge in [-0.3, -0.25) is 14.5 Å². The van der Waals surface area contributed by atoms with Gasteiger partial charge in [-0.25, -0.2) is 0 Å². The van der Waals surface area contributed by atoms with Crippen LogP contribution in [0.15, 0.2) is 51.7 Å². The second-order valence-electron chi connectivity index (χ2n) is 7.23. The molecule has 2 aromatic carbocycles. The highest BCUT2D eigenvalue weighted by Crippen LogP contribution is 2.42. The highest BCUT2D eigenvalue weighted by molar-refractivity contribution is 7.15. The molecule has 0 bridgehead atoms. The maximum Gasteiger partial charge on any atom is 0.297 e. The van der Waals surface area contributed by atoms with Crippen LogP contribution in [0.4, 0.5) is 5.13 Å². The largest absolute Gasteiger partial charge is 0.494 e. The molecule has 0 saturated carbocycles. The molecule has 3 heterocycles. The van der Waals surface area contributed by atoms with Gasteiger partial charge in [-0.05, 0) is 43.2 Å². The Morgan fingerprint density at radius 1 is 1.16 bits per heavy atom. The van der Waals surface area contributed by atoms with Gasteiger partial charge in [0.15, 0.2) is 5.43 Å². The summed E-state index contributed by atoms with van der Waals surface area (Å²) in [5.41, 5.74) is 0.981. The van der Waals surface area contributed by atoms with Crippen LogP contribution in [0.25, 0.3) is 11.0 Å². The SMILES string of the molecule is CCOc1ccc2c(=O)c3c(oc2c1)C(=O)N(c1nnc(CC)s1)C3c1cccc(Cl)c1. The molecule has 32 heavy (non-hydrogen) atoms. The summed E-state index contributed by atoms with van der Waals surface area (Å²) in [6.07, 6.45) is 0.690. The van der Waals surface area contributed by atoms with Crippen molar-refractivity contribution in [3.05, 3.63) is 79.6 Å². The molecule has 5 rings (SSSR count). The highest BCUT2D eigenvalue weighted by Gasteiger charge is 2.45. The summed E-state index contributed by atoms with van der Waals surface area (Å²) >= 11 is 7.56. The molecule has 1 unspecified atom stereocenters. The van der Waals surface area contributed by atoms with Gasteiger partial charge < -0.3 is 9.15 Å². The molecule has 2 aromatic heterocycles. The summed E-state index contributed by atoms with van der Waals surface area (Å²) in [5.74, 6) is 0.118. The monoisotopic (exact) mass is 467 g/mol. The third kappa shape index (κ3) is 3.27. The zero-order chi connectivity index (χ0) is 22.4. The van der Waals surface area contributed by atoms with Crippen LogP contribution in [0.5, 0.6) is 5.75 Å². The molecule has 1 aliphatic heterocycles. The summed E-state index contributed by atoms with van der Waals surface area (Å²) in [5, 5.41) is 10.4. The van der Waals surface area contributed by atoms with E-state index in [-0.39, 0.29) is 16.8 Å². The van der Waals surface area contributed by atoms with E-state index < -0.39 is 11.9 Å². The molecule has 7 nitrogen and oxygen atoms in total. The first-order valence-corrected chi connectivity index (χ1v) is 11.4. The van der Waals surface area contributed by atoms with Crippen LogP contribution < -0.4 is 15.1 Å². The Hall–Kier alpha value is -3.23. The van der Waals surface area contributed by atoms with E-state index in [0.717, 1.165) is 5.01 Å². The predicted molar refractivity (Wildman–Crippen MR) is 123 cm³/mol. The molecule has 162 valence electrons. The number of amides is 1. The number of hydrogen-bond acceptors (Lipinski definition) is 7. The van der Waals surface area contributed by atoms with Crippen LogP contribution in [0.3, 0.4) is 0 Å². The van der Waals surface area contributed by atoms with Crippen molar-refractivity contribution in [3.63, 3.8) is 0 Å². The number of ether oxygens (including phenoxy) is 1. The molecule has 0 radical (unpaired) electrons. The number of nitrogens with zero attached hydrogens (tertiary/aromatic N) is 3. The van der Waals surface area contributed by atoms with E-state index in [1.165, 1.54) is 16.2 Å². The number of aromatic nitrogens is 2. The molecule has 1 aliphatic rings. The van der Waals surface area contributed by atoms with E-state index >= 15 is 0 Å². The molecule has 1 atom stereocenters. The van der Waals surface area contributed by atoms with Gasteiger partial charge in [0, 0.05) is 11.1 Å². The van der Waals surface area contributed by atoms with Crippen molar-refractivity contribution in [3.8, 4) is 5.75 Å². The minimum Gasteiger partial charge on any atom is -0.494 e. The Labute approximate surface area is 192 Å². The Bertz CT molecular complexity index is 1410. The number of aryl methyl sites for hydroxylation is 1. The lowest BCUT2D eigenvalue weighted by molar-refractivity contribution is 0.0970. The number of benzene rings is 2. The zero-order valence-corrected chi connectivity index (χ0v) is 18.9. The molecule has 4 aromatic rings. The molecule has 0 saturated heterocycles. The van der Waals surface area contributed by atoms with E-state index in [2.05, 4.69) is 10.2 Å². The van der Waals surface area contributed by atoms with Crippen LogP contribution in [0, 0.1) is 0 Å². The van der Waals surface area contributed by atoms with Crippen molar-refractivity contribution in [2.75, 3.05) is 11.5 Å². The van der Waals surface area contributed by atoms with Gasteiger partial charge >= 0.3 is 0 Å². The smallest absolute Gasteiger partial charge is 0.297 e. The van der Waals surface area contributed by atoms with E-state index in [4.69, 9.17) is 20.8 Å². The molecule has 0 fully saturated rings. The zero-order valence-electron chi connectivity index (χ0n) is 17.3. The van der Waals surface area contributed by atoms with E-state index in [9.17, 15) is 9.59 Å². The van der Waals surface area contributed by atoms with Gasteiger partial charge in [0.05, 0.1) is 23.6 Å². The fourth-order valence-electron chi connectivity index (χ4n) is 3.88. The topological polar surface area (TPSA) is 85.5 Å². The summed E-state index contributed by atoms with van der Waals surface area (Å²) in [6.45, 7) is 4.31. The lowest BCUT2D eigenvalue weighted by Gasteiger charge is -2.22. The minimum absolute atomic E-state index is 0.00521. The minimum atomic E-state index is -0.721. The van der Waals surface area contributed by atoms with Crippen molar-refractivity contribution in [1.29, 1.82) is 0 Å². The fourth-order valence-corrected chi connectivity index (χ4v) is 4.89. The van der Waals surface area contributed by atoms with Gasteiger partial charge in [0.2, 0.25) is 10.9 Å². The van der Waals surface area contributed by atoms with E-state index in [0.29, 0.717) is 45.5 Å². The molecule has 0 N–H and O–H groups in total. The Morgan fingerprint density at radius 3 is 2.72 bits per heavy atom. The maximum atomic E-state index is 13.6. The summed E-state index contributed by atoms with van der Waals surface area (Å²) in [4.78, 5) is 28.6. The third-order valence-electron chi connectivity index (χ3n) is 5.28. The van der Waals surface area contributed by atoms with Gasteiger partial charge in [0.25, 0.3) is 5.91 Å². The first-order chi connectivity index (χ1) is 15.5. The number of fused-ring (bicyclic) bond motifs is 2. The summed E-state index contributed by atoms with van der Waals surface area (Å²) in [6, 6.07) is 11.4. The summed E-state index contributed by atoms with van der Waals surface area (Å²) < 4.78 is 11.5. The molecular formula is C23H18ClN3O4S. The number of carbonyl (C=O) groups excluding carboxylic acids is 1. The van der Waals surface area contributed by atoms with Gasteiger partial charge in [0.1, 0.15) is 16.3 Å². The molecule has 1 amide bonds. The number of carbonyl (C=O) groups is 1. The van der Waals surface area contributed by atoms with Gasteiger partial charge in [-0.15, -0.1) is 10.2 Å². The first-order valence-electron chi connectivity index (χ1n) is 10.2. The van der Waals surface area contributed by atoms with Gasteiger partial charge in [-0.1, -0.05) is 42.0 Å². The maximum absolute atomic E-state index is 13.6. The van der Waals surface area contributed by atoms with Gasteiger partial charge in [-0.2, -0.15) is 0 Å². The van der Waals surface area contributed by atoms with Crippen LogP contribution in [0.2, 0.25) is 5.02 Å². The van der Waals surface area contributed by atoms with Crippen molar-refractivity contribution >= 4 is 44.9 Å². The standard InChI is InChI=1S/C23H18ClN3O4S/c1-3-17-25-26-23(32-17)27-19(12-6-5-7-13(24)10-12)18-20(28)15-9-8-14(30-4-2)11-16(15)31-21(18)22(27)29/h5-11,19H,3-4H2,1-2H3. The normalized spacial score (nSPS) is 15.4. The highest BCUT2D eigenvalue weighted by atomic mass is 35.5. The van der Waals surface area contributed by atoms with Crippen LogP contribution in [0.1, 0.15) is 46.6 Å². The van der Waals surface area contributed by atoms with Crippen LogP contribution in [-0.2, 0) is 6.42 Å². The van der Waals surface area contributed by atoms with E-state index in [1.54, 1.807) is 36.4 Å². The molecule has 0 aliphatic carbocycles. The van der Waals surface area contributed by atoms with E-state index in [1.807, 2.05) is 19.9 Å². The van der Waals surface area contributed by atoms with Crippen molar-refractivity contribution < 1.29 is 13.9 Å². The predicted octanol–water partition coefficient (Wildman–Crippen LogP) is 5.01. The van der Waals surface area contributed by atoms with Crippen LogP contribution in [-0.4, -0.2) is 22.7 Å². The number of rotatable bonds is 5. The molecular weight excluding hydrogens is 450 g/mol. The lowest BCUT2D eigenvalue weighted by Crippen LogP contribution is -2.29. The number of hydrogen-bond donors (Lipinski definition) is 0. The number of anilines is 1. The second-order valence-corrected chi connectivity index (χ2v) is 8.71. The quantitative estimate of drug-likeness (QED) is 0.410. The van der Waals surface area contributed by atoms with Crippen molar-refractivity contribution in [2.24, 2.45) is 0 Å². The Kier molecular flexibility index (Phi) is 5.19. The Morgan fingerprint density at radius 2 is 2.00 bits per heavy atom. The third-order valence-corrected chi connectivity index (χ3v) is 6.59.